The van der Waals surface area contributed by atoms with Crippen molar-refractivity contribution in [1.29, 1.82) is 0 Å². The van der Waals surface area contributed by atoms with Gasteiger partial charge in [0.1, 0.15) is 6.04 Å². The van der Waals surface area contributed by atoms with Gasteiger partial charge in [-0.25, -0.2) is 4.79 Å². The topological polar surface area (TPSA) is 87.7 Å². The molecule has 0 spiro atoms. The second kappa shape index (κ2) is 6.78. The number of nitrogens with one attached hydrogen (secondary N) is 2. The Labute approximate surface area is 124 Å². The lowest BCUT2D eigenvalue weighted by Gasteiger charge is -2.34. The maximum Gasteiger partial charge on any atom is 0.407 e. The van der Waals surface area contributed by atoms with E-state index in [1.165, 1.54) is 14.0 Å². The smallest absolute Gasteiger partial charge is 0.407 e. The van der Waals surface area contributed by atoms with Gasteiger partial charge in [0.05, 0.1) is 7.11 Å². The van der Waals surface area contributed by atoms with Crippen LogP contribution in [0.1, 0.15) is 39.0 Å². The molecular weight excluding hydrogens is 274 g/mol. The summed E-state index contributed by atoms with van der Waals surface area (Å²) in [5.41, 5.74) is 0. The number of ether oxygens (including phenoxy) is 1. The number of hydrogen-bond donors (Lipinski definition) is 2. The van der Waals surface area contributed by atoms with Gasteiger partial charge in [-0.3, -0.25) is 9.59 Å². The number of carbonyl (C=O) groups excluding carboxylic acids is 3. The highest BCUT2D eigenvalue weighted by Gasteiger charge is 2.38. The van der Waals surface area contributed by atoms with Gasteiger partial charge < -0.3 is 20.3 Å². The summed E-state index contributed by atoms with van der Waals surface area (Å²) in [5, 5.41) is 5.50. The monoisotopic (exact) mass is 297 g/mol. The molecule has 7 heteroatoms. The summed E-state index contributed by atoms with van der Waals surface area (Å²) in [5.74, 6) is -0.0265. The Morgan fingerprint density at radius 1 is 1.14 bits per heavy atom. The molecule has 118 valence electrons. The molecule has 1 saturated carbocycles. The molecule has 0 bridgehead atoms. The molecule has 1 heterocycles. The number of methoxy groups -OCH3 is 1. The van der Waals surface area contributed by atoms with E-state index in [1.54, 1.807) is 0 Å². The number of carbonyl (C=O) groups is 3. The van der Waals surface area contributed by atoms with E-state index >= 15 is 0 Å². The predicted octanol–water partition coefficient (Wildman–Crippen LogP) is 0.391. The van der Waals surface area contributed by atoms with Crippen molar-refractivity contribution in [3.05, 3.63) is 0 Å². The van der Waals surface area contributed by atoms with E-state index in [0.29, 0.717) is 13.0 Å². The highest BCUT2D eigenvalue weighted by Crippen LogP contribution is 2.27. The highest BCUT2D eigenvalue weighted by molar-refractivity contribution is 5.87. The predicted molar refractivity (Wildman–Crippen MR) is 75.5 cm³/mol. The zero-order chi connectivity index (χ0) is 15.4. The zero-order valence-electron chi connectivity index (χ0n) is 12.6. The van der Waals surface area contributed by atoms with Gasteiger partial charge in [-0.15, -0.1) is 0 Å². The lowest BCUT2D eigenvalue weighted by atomic mass is 9.90. The Kier molecular flexibility index (Phi) is 5.03. The molecular formula is C14H23N3O4. The summed E-state index contributed by atoms with van der Waals surface area (Å²) in [6.07, 6.45) is 3.62. The fourth-order valence-electron chi connectivity index (χ4n) is 3.22. The summed E-state index contributed by atoms with van der Waals surface area (Å²) in [4.78, 5) is 36.4. The normalized spacial score (nSPS) is 29.1. The molecule has 0 aromatic rings. The van der Waals surface area contributed by atoms with Crippen LogP contribution >= 0.6 is 0 Å². The van der Waals surface area contributed by atoms with E-state index in [9.17, 15) is 14.4 Å². The summed E-state index contributed by atoms with van der Waals surface area (Å²) >= 11 is 0. The third-order valence-corrected chi connectivity index (χ3v) is 4.26. The first-order valence-corrected chi connectivity index (χ1v) is 7.43. The third kappa shape index (κ3) is 3.86. The summed E-state index contributed by atoms with van der Waals surface area (Å²) in [6.45, 7) is 2.20. The molecule has 7 nitrogen and oxygen atoms in total. The molecule has 2 N–H and O–H groups in total. The Morgan fingerprint density at radius 3 is 2.38 bits per heavy atom. The molecule has 1 atom stereocenters. The molecule has 0 unspecified atom stereocenters. The second-order valence-corrected chi connectivity index (χ2v) is 5.71. The summed E-state index contributed by atoms with van der Waals surface area (Å²) in [6, 6.07) is -0.0297. The Hall–Kier alpha value is -1.79. The van der Waals surface area contributed by atoms with Crippen LogP contribution in [0.2, 0.25) is 0 Å². The lowest BCUT2D eigenvalue weighted by molar-refractivity contribution is -0.132. The fraction of sp³-hybridized carbons (Fsp3) is 0.786. The van der Waals surface area contributed by atoms with Crippen LogP contribution in [0.25, 0.3) is 0 Å². The van der Waals surface area contributed by atoms with Crippen molar-refractivity contribution in [3.8, 4) is 0 Å². The number of nitrogens with zero attached hydrogens (tertiary/aromatic N) is 1. The molecule has 1 saturated heterocycles. The van der Waals surface area contributed by atoms with Crippen LogP contribution in [-0.2, 0) is 14.3 Å². The van der Waals surface area contributed by atoms with Gasteiger partial charge in [0, 0.05) is 25.6 Å². The van der Waals surface area contributed by atoms with E-state index in [0.717, 1.165) is 25.7 Å². The average Bonchev–Trinajstić information content (AvgIpc) is 2.80. The van der Waals surface area contributed by atoms with Crippen molar-refractivity contribution in [1.82, 2.24) is 15.5 Å². The first-order valence-electron chi connectivity index (χ1n) is 7.43. The maximum atomic E-state index is 12.3. The minimum atomic E-state index is -0.565. The molecule has 0 aromatic heterocycles. The van der Waals surface area contributed by atoms with Gasteiger partial charge in [-0.05, 0) is 32.1 Å². The largest absolute Gasteiger partial charge is 0.453 e. The Bertz CT molecular complexity index is 418. The van der Waals surface area contributed by atoms with E-state index < -0.39 is 12.1 Å². The SMILES string of the molecule is COC(=O)N[C@H]1CCN([C@H]2CC[C@H](NC(C)=O)CC2)C1=O. The van der Waals surface area contributed by atoms with Gasteiger partial charge in [-0.1, -0.05) is 0 Å². The zero-order valence-corrected chi connectivity index (χ0v) is 12.6. The first kappa shape index (κ1) is 15.6. The van der Waals surface area contributed by atoms with Crippen molar-refractivity contribution in [3.63, 3.8) is 0 Å². The average molecular weight is 297 g/mol. The van der Waals surface area contributed by atoms with Crippen LogP contribution in [0, 0.1) is 0 Å². The molecule has 21 heavy (non-hydrogen) atoms. The van der Waals surface area contributed by atoms with Crippen molar-refractivity contribution in [2.75, 3.05) is 13.7 Å². The van der Waals surface area contributed by atoms with E-state index in [4.69, 9.17) is 0 Å². The molecule has 2 rings (SSSR count). The lowest BCUT2D eigenvalue weighted by Crippen LogP contribution is -2.47. The van der Waals surface area contributed by atoms with Crippen LogP contribution in [-0.4, -0.2) is 54.6 Å². The minimum absolute atomic E-state index is 0.00181. The fourth-order valence-corrected chi connectivity index (χ4v) is 3.22. The summed E-state index contributed by atoms with van der Waals surface area (Å²) < 4.78 is 4.53. The van der Waals surface area contributed by atoms with Gasteiger partial charge in [0.25, 0.3) is 0 Å². The Morgan fingerprint density at radius 2 is 1.81 bits per heavy atom. The minimum Gasteiger partial charge on any atom is -0.453 e. The van der Waals surface area contributed by atoms with Crippen LogP contribution in [0.15, 0.2) is 0 Å². The number of amides is 3. The van der Waals surface area contributed by atoms with Crippen molar-refractivity contribution in [2.24, 2.45) is 0 Å². The molecule has 1 aliphatic heterocycles. The van der Waals surface area contributed by atoms with Gasteiger partial charge in [0.15, 0.2) is 0 Å². The standard InChI is InChI=1S/C14H23N3O4/c1-9(18)15-10-3-5-11(6-4-10)17-8-7-12(13(17)19)16-14(20)21-2/h10-12H,3-8H2,1-2H3,(H,15,18)(H,16,20)/t10-,11-,12-/m0/s1. The second-order valence-electron chi connectivity index (χ2n) is 5.71. The molecule has 3 amide bonds. The first-order chi connectivity index (χ1) is 10.0. The van der Waals surface area contributed by atoms with Gasteiger partial charge >= 0.3 is 6.09 Å². The number of rotatable bonds is 3. The van der Waals surface area contributed by atoms with E-state index in [1.807, 2.05) is 4.90 Å². The quantitative estimate of drug-likeness (QED) is 0.789. The van der Waals surface area contributed by atoms with Crippen LogP contribution in [0.4, 0.5) is 4.79 Å². The van der Waals surface area contributed by atoms with Crippen molar-refractivity contribution in [2.45, 2.75) is 57.2 Å². The number of likely N-dealkylation sites (tertiary alicyclic amines) is 1. The van der Waals surface area contributed by atoms with Gasteiger partial charge in [0.2, 0.25) is 11.8 Å². The van der Waals surface area contributed by atoms with Gasteiger partial charge in [-0.2, -0.15) is 0 Å². The van der Waals surface area contributed by atoms with Crippen LogP contribution < -0.4 is 10.6 Å². The maximum absolute atomic E-state index is 12.3. The highest BCUT2D eigenvalue weighted by atomic mass is 16.5. The van der Waals surface area contributed by atoms with Crippen molar-refractivity contribution < 1.29 is 19.1 Å². The molecule has 2 fully saturated rings. The van der Waals surface area contributed by atoms with E-state index in [-0.39, 0.29) is 23.9 Å². The van der Waals surface area contributed by atoms with Crippen LogP contribution in [0.3, 0.4) is 0 Å². The Balaban J connectivity index is 1.83. The number of alkyl carbamates (subject to hydrolysis) is 1. The molecule has 0 aromatic carbocycles. The van der Waals surface area contributed by atoms with Crippen LogP contribution in [0.5, 0.6) is 0 Å². The molecule has 1 aliphatic carbocycles. The number of hydrogen-bond acceptors (Lipinski definition) is 4. The van der Waals surface area contributed by atoms with E-state index in [2.05, 4.69) is 15.4 Å². The summed E-state index contributed by atoms with van der Waals surface area (Å²) in [7, 11) is 1.29. The molecule has 0 radical (unpaired) electrons. The van der Waals surface area contributed by atoms with Crippen molar-refractivity contribution >= 4 is 17.9 Å². The molecule has 2 aliphatic rings. The third-order valence-electron chi connectivity index (χ3n) is 4.26.